The molecule has 144 valence electrons. The van der Waals surface area contributed by atoms with Crippen molar-refractivity contribution < 1.29 is 0 Å². The zero-order chi connectivity index (χ0) is 19.6. The molecule has 4 heteroatoms. The first kappa shape index (κ1) is 17.7. The van der Waals surface area contributed by atoms with Crippen molar-refractivity contribution in [2.45, 2.75) is 19.3 Å². The summed E-state index contributed by atoms with van der Waals surface area (Å²) in [5, 5.41) is 0.661. The maximum Gasteiger partial charge on any atom is 0.191 e. The molecule has 4 aromatic rings. The number of pyridine rings is 2. The molecule has 0 amide bonds. The third-order valence-electron chi connectivity index (χ3n) is 5.63. The molecule has 1 aliphatic rings. The van der Waals surface area contributed by atoms with Crippen LogP contribution in [0.4, 0.5) is 5.82 Å². The van der Waals surface area contributed by atoms with E-state index in [2.05, 4.69) is 44.8 Å². The van der Waals surface area contributed by atoms with Crippen LogP contribution in [-0.2, 0) is 6.42 Å². The lowest BCUT2D eigenvalue weighted by Crippen LogP contribution is -2.20. The molecule has 1 fully saturated rings. The highest BCUT2D eigenvalue weighted by atomic mass is 16.1. The standard InChI is InChI=1S/C25H23N3O/c29-24-16-21(15-19-9-3-1-4-10-19)28(20-11-5-2-6-12-20)23-17-25(26-18-22(23)24)27-13-7-8-14-27/h1-6,9-12,16-18H,7-8,13-15H2. The van der Waals surface area contributed by atoms with Crippen LogP contribution in [0.25, 0.3) is 16.6 Å². The topological polar surface area (TPSA) is 38.1 Å². The van der Waals surface area contributed by atoms with Crippen LogP contribution in [0, 0.1) is 0 Å². The van der Waals surface area contributed by atoms with Gasteiger partial charge in [-0.05, 0) is 30.5 Å². The summed E-state index contributed by atoms with van der Waals surface area (Å²) in [7, 11) is 0. The number of anilines is 1. The van der Waals surface area contributed by atoms with E-state index in [4.69, 9.17) is 0 Å². The summed E-state index contributed by atoms with van der Waals surface area (Å²) in [5.74, 6) is 0.955. The molecule has 3 heterocycles. The molecule has 0 radical (unpaired) electrons. The summed E-state index contributed by atoms with van der Waals surface area (Å²) in [6, 6.07) is 24.4. The fourth-order valence-corrected chi connectivity index (χ4v) is 4.19. The smallest absolute Gasteiger partial charge is 0.191 e. The fourth-order valence-electron chi connectivity index (χ4n) is 4.19. The molecule has 5 rings (SSSR count). The van der Waals surface area contributed by atoms with Gasteiger partial charge in [0.1, 0.15) is 5.82 Å². The van der Waals surface area contributed by atoms with E-state index in [1.54, 1.807) is 12.3 Å². The Hall–Kier alpha value is -3.40. The monoisotopic (exact) mass is 381 g/mol. The van der Waals surface area contributed by atoms with Crippen molar-refractivity contribution in [3.05, 3.63) is 100 Å². The molecule has 0 N–H and O–H groups in total. The molecule has 0 aliphatic carbocycles. The van der Waals surface area contributed by atoms with E-state index in [0.717, 1.165) is 35.8 Å². The van der Waals surface area contributed by atoms with Gasteiger partial charge < -0.3 is 9.47 Å². The van der Waals surface area contributed by atoms with Crippen LogP contribution >= 0.6 is 0 Å². The predicted molar refractivity (Wildman–Crippen MR) is 118 cm³/mol. The van der Waals surface area contributed by atoms with E-state index >= 15 is 0 Å². The van der Waals surface area contributed by atoms with Crippen molar-refractivity contribution in [2.24, 2.45) is 0 Å². The number of hydrogen-bond donors (Lipinski definition) is 0. The Morgan fingerprint density at radius 3 is 2.28 bits per heavy atom. The minimum absolute atomic E-state index is 0.0265. The van der Waals surface area contributed by atoms with Crippen LogP contribution in [0.1, 0.15) is 24.1 Å². The highest BCUT2D eigenvalue weighted by Crippen LogP contribution is 2.25. The first-order valence-corrected chi connectivity index (χ1v) is 10.2. The Labute approximate surface area is 170 Å². The zero-order valence-electron chi connectivity index (χ0n) is 16.3. The highest BCUT2D eigenvalue weighted by molar-refractivity contribution is 5.83. The van der Waals surface area contributed by atoms with Crippen LogP contribution in [-0.4, -0.2) is 22.6 Å². The molecule has 0 unspecified atom stereocenters. The van der Waals surface area contributed by atoms with Gasteiger partial charge in [0.05, 0.1) is 10.9 Å². The lowest BCUT2D eigenvalue weighted by molar-refractivity contribution is 0.929. The number of benzene rings is 2. The van der Waals surface area contributed by atoms with Gasteiger partial charge in [-0.1, -0.05) is 48.5 Å². The van der Waals surface area contributed by atoms with Crippen LogP contribution in [0.5, 0.6) is 0 Å². The third-order valence-corrected chi connectivity index (χ3v) is 5.63. The summed E-state index contributed by atoms with van der Waals surface area (Å²) < 4.78 is 2.21. The average molecular weight is 381 g/mol. The van der Waals surface area contributed by atoms with E-state index in [0.29, 0.717) is 11.8 Å². The summed E-state index contributed by atoms with van der Waals surface area (Å²) in [4.78, 5) is 19.9. The molecule has 2 aromatic carbocycles. The molecule has 29 heavy (non-hydrogen) atoms. The number of para-hydroxylation sites is 1. The number of rotatable bonds is 4. The second-order valence-electron chi connectivity index (χ2n) is 7.59. The minimum atomic E-state index is 0.0265. The number of aromatic nitrogens is 2. The quantitative estimate of drug-likeness (QED) is 0.519. The molecular formula is C25H23N3O. The predicted octanol–water partition coefficient (Wildman–Crippen LogP) is 4.58. The Morgan fingerprint density at radius 1 is 0.862 bits per heavy atom. The Morgan fingerprint density at radius 2 is 1.55 bits per heavy atom. The van der Waals surface area contributed by atoms with Gasteiger partial charge in [0, 0.05) is 49.2 Å². The Kier molecular flexibility index (Phi) is 4.60. The van der Waals surface area contributed by atoms with E-state index in [1.807, 2.05) is 36.4 Å². The van der Waals surface area contributed by atoms with Gasteiger partial charge in [-0.3, -0.25) is 4.79 Å². The molecular weight excluding hydrogens is 358 g/mol. The molecule has 0 bridgehead atoms. The number of hydrogen-bond acceptors (Lipinski definition) is 3. The van der Waals surface area contributed by atoms with Crippen molar-refractivity contribution in [3.8, 4) is 5.69 Å². The molecule has 1 saturated heterocycles. The summed E-state index contributed by atoms with van der Waals surface area (Å²) in [6.07, 6.45) is 4.83. The maximum absolute atomic E-state index is 12.9. The summed E-state index contributed by atoms with van der Waals surface area (Å²) in [5.41, 5.74) is 4.18. The second-order valence-corrected chi connectivity index (χ2v) is 7.59. The Bertz CT molecular complexity index is 1190. The maximum atomic E-state index is 12.9. The normalized spacial score (nSPS) is 13.9. The van der Waals surface area contributed by atoms with Gasteiger partial charge in [0.15, 0.2) is 5.43 Å². The number of fused-ring (bicyclic) bond motifs is 1. The summed E-state index contributed by atoms with van der Waals surface area (Å²) >= 11 is 0. The van der Waals surface area contributed by atoms with Crippen molar-refractivity contribution in [3.63, 3.8) is 0 Å². The lowest BCUT2D eigenvalue weighted by atomic mass is 10.1. The second kappa shape index (κ2) is 7.55. The van der Waals surface area contributed by atoms with Crippen molar-refractivity contribution >= 4 is 16.7 Å². The summed E-state index contributed by atoms with van der Waals surface area (Å²) in [6.45, 7) is 2.05. The van der Waals surface area contributed by atoms with E-state index < -0.39 is 0 Å². The molecule has 2 aromatic heterocycles. The minimum Gasteiger partial charge on any atom is -0.357 e. The molecule has 0 saturated carbocycles. The fraction of sp³-hybridized carbons (Fsp3) is 0.200. The van der Waals surface area contributed by atoms with Gasteiger partial charge in [-0.2, -0.15) is 0 Å². The van der Waals surface area contributed by atoms with E-state index in [1.165, 1.54) is 18.4 Å². The van der Waals surface area contributed by atoms with Gasteiger partial charge >= 0.3 is 0 Å². The van der Waals surface area contributed by atoms with Gasteiger partial charge in [-0.25, -0.2) is 4.98 Å². The molecule has 0 spiro atoms. The first-order chi connectivity index (χ1) is 14.3. The van der Waals surface area contributed by atoms with Gasteiger partial charge in [-0.15, -0.1) is 0 Å². The zero-order valence-corrected chi connectivity index (χ0v) is 16.3. The van der Waals surface area contributed by atoms with Crippen LogP contribution in [0.2, 0.25) is 0 Å². The van der Waals surface area contributed by atoms with E-state index in [-0.39, 0.29) is 5.43 Å². The van der Waals surface area contributed by atoms with Gasteiger partial charge in [0.25, 0.3) is 0 Å². The third kappa shape index (κ3) is 3.42. The largest absolute Gasteiger partial charge is 0.357 e. The van der Waals surface area contributed by atoms with Crippen LogP contribution < -0.4 is 10.3 Å². The van der Waals surface area contributed by atoms with Crippen LogP contribution in [0.3, 0.4) is 0 Å². The molecule has 0 atom stereocenters. The van der Waals surface area contributed by atoms with E-state index in [9.17, 15) is 4.79 Å². The lowest BCUT2D eigenvalue weighted by Gasteiger charge is -2.20. The van der Waals surface area contributed by atoms with Crippen molar-refractivity contribution in [1.29, 1.82) is 0 Å². The Balaban J connectivity index is 1.75. The van der Waals surface area contributed by atoms with Gasteiger partial charge in [0.2, 0.25) is 0 Å². The first-order valence-electron chi connectivity index (χ1n) is 10.2. The average Bonchev–Trinajstić information content (AvgIpc) is 3.30. The van der Waals surface area contributed by atoms with Crippen molar-refractivity contribution in [2.75, 3.05) is 18.0 Å². The number of nitrogens with zero attached hydrogens (tertiary/aromatic N) is 3. The SMILES string of the molecule is O=c1cc(Cc2ccccc2)n(-c2ccccc2)c2cc(N3CCCC3)ncc12. The molecule has 4 nitrogen and oxygen atoms in total. The van der Waals surface area contributed by atoms with Crippen molar-refractivity contribution in [1.82, 2.24) is 9.55 Å². The highest BCUT2D eigenvalue weighted by Gasteiger charge is 2.17. The molecule has 1 aliphatic heterocycles. The van der Waals surface area contributed by atoms with Crippen LogP contribution in [0.15, 0.2) is 83.8 Å².